The summed E-state index contributed by atoms with van der Waals surface area (Å²) >= 11 is 1.46. The highest BCUT2D eigenvalue weighted by atomic mass is 32.2. The summed E-state index contributed by atoms with van der Waals surface area (Å²) < 4.78 is 18.6. The summed E-state index contributed by atoms with van der Waals surface area (Å²) in [4.78, 5) is 13.9. The summed E-state index contributed by atoms with van der Waals surface area (Å²) in [5, 5.41) is 2.90. The highest BCUT2D eigenvalue weighted by Crippen LogP contribution is 2.38. The number of anilines is 1. The van der Waals surface area contributed by atoms with Gasteiger partial charge in [-0.2, -0.15) is 0 Å². The van der Waals surface area contributed by atoms with Gasteiger partial charge in [-0.15, -0.1) is 0 Å². The van der Waals surface area contributed by atoms with Gasteiger partial charge in [0, 0.05) is 4.90 Å². The first-order valence-electron chi connectivity index (χ1n) is 8.45. The van der Waals surface area contributed by atoms with Crippen molar-refractivity contribution >= 4 is 29.4 Å². The van der Waals surface area contributed by atoms with Crippen LogP contribution >= 0.6 is 11.8 Å². The first-order valence-corrected chi connectivity index (χ1v) is 9.26. The second-order valence-corrected chi connectivity index (χ2v) is 7.13. The Morgan fingerprint density at radius 2 is 1.70 bits per heavy atom. The molecule has 0 bridgehead atoms. The second-order valence-electron chi connectivity index (χ2n) is 6.05. The Kier molecular flexibility index (Phi) is 4.94. The van der Waals surface area contributed by atoms with Crippen molar-refractivity contribution in [1.29, 1.82) is 0 Å². The van der Waals surface area contributed by atoms with E-state index in [-0.39, 0.29) is 11.7 Å². The maximum Gasteiger partial charge on any atom is 0.262 e. The van der Waals surface area contributed by atoms with Crippen LogP contribution in [0, 0.1) is 5.82 Å². The molecule has 0 aromatic heterocycles. The lowest BCUT2D eigenvalue weighted by Crippen LogP contribution is -2.17. The van der Waals surface area contributed by atoms with E-state index >= 15 is 0 Å². The maximum absolute atomic E-state index is 12.9. The van der Waals surface area contributed by atoms with Gasteiger partial charge < -0.3 is 10.1 Å². The Bertz CT molecular complexity index is 998. The van der Waals surface area contributed by atoms with Crippen LogP contribution in [0.4, 0.5) is 10.1 Å². The maximum atomic E-state index is 12.9. The van der Waals surface area contributed by atoms with E-state index in [4.69, 9.17) is 4.74 Å². The van der Waals surface area contributed by atoms with Gasteiger partial charge in [0.15, 0.2) is 0 Å². The third-order valence-corrected chi connectivity index (χ3v) is 5.17. The molecule has 3 aromatic carbocycles. The molecule has 3 nitrogen and oxygen atoms in total. The van der Waals surface area contributed by atoms with Crippen LogP contribution in [0.15, 0.2) is 82.6 Å². The van der Waals surface area contributed by atoms with Crippen LogP contribution in [0.5, 0.6) is 5.75 Å². The molecule has 1 N–H and O–H groups in total. The first kappa shape index (κ1) is 17.4. The molecule has 3 aromatic rings. The highest BCUT2D eigenvalue weighted by molar-refractivity contribution is 8.04. The van der Waals surface area contributed by atoms with Crippen LogP contribution in [0.2, 0.25) is 0 Å². The van der Waals surface area contributed by atoms with E-state index in [1.54, 1.807) is 12.1 Å². The van der Waals surface area contributed by atoms with Gasteiger partial charge in [-0.05, 0) is 53.6 Å². The largest absolute Gasteiger partial charge is 0.489 e. The predicted octanol–water partition coefficient (Wildman–Crippen LogP) is 5.49. The zero-order valence-electron chi connectivity index (χ0n) is 14.3. The Labute approximate surface area is 160 Å². The third-order valence-electron chi connectivity index (χ3n) is 4.08. The summed E-state index contributed by atoms with van der Waals surface area (Å²) in [6, 6.07) is 21.5. The molecule has 1 aliphatic heterocycles. The van der Waals surface area contributed by atoms with Crippen molar-refractivity contribution in [3.05, 3.63) is 94.6 Å². The molecule has 1 heterocycles. The molecule has 134 valence electrons. The van der Waals surface area contributed by atoms with Crippen LogP contribution in [-0.4, -0.2) is 5.91 Å². The van der Waals surface area contributed by atoms with Crippen molar-refractivity contribution < 1.29 is 13.9 Å². The van der Waals surface area contributed by atoms with Gasteiger partial charge in [-0.3, -0.25) is 4.79 Å². The lowest BCUT2D eigenvalue weighted by molar-refractivity contribution is -0.112. The summed E-state index contributed by atoms with van der Waals surface area (Å²) in [7, 11) is 0. The van der Waals surface area contributed by atoms with Crippen molar-refractivity contribution in [2.75, 3.05) is 5.32 Å². The lowest BCUT2D eigenvalue weighted by atomic mass is 10.2. The number of nitrogens with one attached hydrogen (secondary N) is 1. The number of hydrogen-bond acceptors (Lipinski definition) is 3. The zero-order chi connectivity index (χ0) is 18.6. The van der Waals surface area contributed by atoms with Crippen LogP contribution in [0.25, 0.3) is 6.08 Å². The molecule has 0 unspecified atom stereocenters. The van der Waals surface area contributed by atoms with Gasteiger partial charge in [0.2, 0.25) is 0 Å². The van der Waals surface area contributed by atoms with E-state index in [1.165, 1.54) is 23.9 Å². The van der Waals surface area contributed by atoms with Crippen LogP contribution in [0.3, 0.4) is 0 Å². The zero-order valence-corrected chi connectivity index (χ0v) is 15.1. The number of fused-ring (bicyclic) bond motifs is 1. The van der Waals surface area contributed by atoms with E-state index in [9.17, 15) is 9.18 Å². The minimum Gasteiger partial charge on any atom is -0.489 e. The molecular weight excluding hydrogens is 361 g/mol. The minimum absolute atomic E-state index is 0.102. The van der Waals surface area contributed by atoms with Gasteiger partial charge in [0.1, 0.15) is 18.2 Å². The number of ether oxygens (including phenoxy) is 1. The second kappa shape index (κ2) is 7.68. The molecule has 0 saturated carbocycles. The van der Waals surface area contributed by atoms with E-state index in [1.807, 2.05) is 54.6 Å². The number of para-hydroxylation sites is 1. The van der Waals surface area contributed by atoms with Crippen molar-refractivity contribution in [3.63, 3.8) is 0 Å². The standard InChI is InChI=1S/C22H16FNO2S/c23-17-9-5-16(6-10-17)14-26-18-11-7-15(8-12-18)13-21-22(25)24-19-3-1-2-4-20(19)27-21/h1-13H,14H2,(H,24,25)/b21-13-. The van der Waals surface area contributed by atoms with Gasteiger partial charge in [-0.25, -0.2) is 4.39 Å². The van der Waals surface area contributed by atoms with E-state index in [2.05, 4.69) is 5.32 Å². The topological polar surface area (TPSA) is 38.3 Å². The normalized spacial score (nSPS) is 14.6. The van der Waals surface area contributed by atoms with E-state index < -0.39 is 0 Å². The third kappa shape index (κ3) is 4.20. The lowest BCUT2D eigenvalue weighted by Gasteiger charge is -2.18. The molecule has 5 heteroatoms. The Morgan fingerprint density at radius 1 is 0.963 bits per heavy atom. The number of benzene rings is 3. The molecule has 0 spiro atoms. The number of rotatable bonds is 4. The van der Waals surface area contributed by atoms with Crippen LogP contribution in [0.1, 0.15) is 11.1 Å². The summed E-state index contributed by atoms with van der Waals surface area (Å²) in [5.74, 6) is 0.353. The summed E-state index contributed by atoms with van der Waals surface area (Å²) in [5.41, 5.74) is 2.66. The SMILES string of the molecule is O=C1Nc2ccccc2S/C1=C\c1ccc(OCc2ccc(F)cc2)cc1. The average Bonchev–Trinajstić information content (AvgIpc) is 2.69. The number of carbonyl (C=O) groups excluding carboxylic acids is 1. The molecule has 27 heavy (non-hydrogen) atoms. The highest BCUT2D eigenvalue weighted by Gasteiger charge is 2.20. The Hall–Kier alpha value is -3.05. The van der Waals surface area contributed by atoms with Gasteiger partial charge in [-0.1, -0.05) is 48.2 Å². The average molecular weight is 377 g/mol. The van der Waals surface area contributed by atoms with E-state index in [0.717, 1.165) is 21.7 Å². The van der Waals surface area contributed by atoms with Crippen molar-refractivity contribution in [1.82, 2.24) is 0 Å². The molecule has 1 aliphatic rings. The van der Waals surface area contributed by atoms with E-state index in [0.29, 0.717) is 17.3 Å². The smallest absolute Gasteiger partial charge is 0.262 e. The molecule has 4 rings (SSSR count). The molecule has 0 fully saturated rings. The quantitative estimate of drug-likeness (QED) is 0.611. The molecule has 1 amide bonds. The molecule has 0 aliphatic carbocycles. The Balaban J connectivity index is 1.44. The van der Waals surface area contributed by atoms with Crippen molar-refractivity contribution in [2.24, 2.45) is 0 Å². The van der Waals surface area contributed by atoms with Gasteiger partial charge in [0.25, 0.3) is 5.91 Å². The molecule has 0 radical (unpaired) electrons. The molecular formula is C22H16FNO2S. The molecule has 0 saturated heterocycles. The fourth-order valence-corrected chi connectivity index (χ4v) is 3.61. The summed E-state index contributed by atoms with van der Waals surface area (Å²) in [6.07, 6.45) is 1.86. The molecule has 0 atom stereocenters. The van der Waals surface area contributed by atoms with Gasteiger partial charge in [0.05, 0.1) is 10.6 Å². The minimum atomic E-state index is -0.261. The van der Waals surface area contributed by atoms with Gasteiger partial charge >= 0.3 is 0 Å². The number of amides is 1. The first-order chi connectivity index (χ1) is 13.2. The van der Waals surface area contributed by atoms with Crippen molar-refractivity contribution in [3.8, 4) is 5.75 Å². The number of thioether (sulfide) groups is 1. The Morgan fingerprint density at radius 3 is 2.48 bits per heavy atom. The number of carbonyl (C=O) groups is 1. The monoisotopic (exact) mass is 377 g/mol. The predicted molar refractivity (Wildman–Crippen MR) is 106 cm³/mol. The summed E-state index contributed by atoms with van der Waals surface area (Å²) in [6.45, 7) is 0.371. The number of hydrogen-bond donors (Lipinski definition) is 1. The number of halogens is 1. The fourth-order valence-electron chi connectivity index (χ4n) is 2.66. The van der Waals surface area contributed by atoms with Crippen molar-refractivity contribution in [2.45, 2.75) is 11.5 Å². The van der Waals surface area contributed by atoms with Crippen LogP contribution in [-0.2, 0) is 11.4 Å². The van der Waals surface area contributed by atoms with Crippen LogP contribution < -0.4 is 10.1 Å². The fraction of sp³-hybridized carbons (Fsp3) is 0.0455.